The molecule has 1 saturated carbocycles. The van der Waals surface area contributed by atoms with E-state index in [9.17, 15) is 19.7 Å². The molecule has 2 rings (SSSR count). The SMILES string of the molecule is COC(=O)C(C(=O)Nc1ccc([N+](=O)[O-])cc1)C1CCCCCC1. The number of amides is 1. The van der Waals surface area contributed by atoms with Crippen molar-refractivity contribution in [3.8, 4) is 0 Å². The van der Waals surface area contributed by atoms with E-state index in [4.69, 9.17) is 4.74 Å². The highest BCUT2D eigenvalue weighted by molar-refractivity contribution is 6.05. The Bertz CT molecular complexity index is 592. The Morgan fingerprint density at radius 2 is 1.75 bits per heavy atom. The van der Waals surface area contributed by atoms with Gasteiger partial charge in [-0.05, 0) is 30.9 Å². The van der Waals surface area contributed by atoms with Crippen LogP contribution in [0.5, 0.6) is 0 Å². The molecule has 130 valence electrons. The van der Waals surface area contributed by atoms with E-state index in [1.807, 2.05) is 0 Å². The highest BCUT2D eigenvalue weighted by atomic mass is 16.6. The van der Waals surface area contributed by atoms with Gasteiger partial charge in [0.1, 0.15) is 5.92 Å². The van der Waals surface area contributed by atoms with Gasteiger partial charge >= 0.3 is 5.97 Å². The molecule has 0 aromatic heterocycles. The topological polar surface area (TPSA) is 98.5 Å². The molecule has 0 aliphatic heterocycles. The van der Waals surface area contributed by atoms with Crippen LogP contribution in [0.15, 0.2) is 24.3 Å². The summed E-state index contributed by atoms with van der Waals surface area (Å²) in [5, 5.41) is 13.3. The minimum absolute atomic E-state index is 0.0296. The van der Waals surface area contributed by atoms with E-state index in [1.165, 1.54) is 31.4 Å². The first-order valence-electron chi connectivity index (χ1n) is 8.16. The van der Waals surface area contributed by atoms with E-state index in [2.05, 4.69) is 5.32 Å². The molecule has 1 aliphatic rings. The number of hydrogen-bond acceptors (Lipinski definition) is 5. The predicted molar refractivity (Wildman–Crippen MR) is 88.4 cm³/mol. The number of nitro groups is 1. The van der Waals surface area contributed by atoms with E-state index in [0.717, 1.165) is 38.5 Å². The summed E-state index contributed by atoms with van der Waals surface area (Å²) in [6.07, 6.45) is 5.90. The molecule has 24 heavy (non-hydrogen) atoms. The minimum Gasteiger partial charge on any atom is -0.468 e. The average Bonchev–Trinajstić information content (AvgIpc) is 2.84. The Kier molecular flexibility index (Phi) is 6.28. The Morgan fingerprint density at radius 1 is 1.17 bits per heavy atom. The number of carbonyl (C=O) groups excluding carboxylic acids is 2. The second-order valence-electron chi connectivity index (χ2n) is 6.05. The van der Waals surface area contributed by atoms with Gasteiger partial charge in [-0.1, -0.05) is 25.7 Å². The minimum atomic E-state index is -0.844. The lowest BCUT2D eigenvalue weighted by molar-refractivity contribution is -0.384. The number of hydrogen-bond donors (Lipinski definition) is 1. The first-order chi connectivity index (χ1) is 11.5. The molecule has 1 N–H and O–H groups in total. The second-order valence-corrected chi connectivity index (χ2v) is 6.05. The largest absolute Gasteiger partial charge is 0.468 e. The van der Waals surface area contributed by atoms with E-state index in [1.54, 1.807) is 0 Å². The van der Waals surface area contributed by atoms with Crippen molar-refractivity contribution in [3.63, 3.8) is 0 Å². The molecule has 1 aromatic rings. The summed E-state index contributed by atoms with van der Waals surface area (Å²) in [7, 11) is 1.28. The molecule has 1 atom stereocenters. The number of nitrogens with zero attached hydrogens (tertiary/aromatic N) is 1. The summed E-state index contributed by atoms with van der Waals surface area (Å²) in [6.45, 7) is 0. The van der Waals surface area contributed by atoms with Crippen LogP contribution in [0, 0.1) is 22.0 Å². The van der Waals surface area contributed by atoms with Crippen LogP contribution in [0.4, 0.5) is 11.4 Å². The molecule has 1 fully saturated rings. The normalized spacial score (nSPS) is 16.7. The first-order valence-corrected chi connectivity index (χ1v) is 8.16. The molecule has 1 aromatic carbocycles. The zero-order valence-electron chi connectivity index (χ0n) is 13.7. The number of carbonyl (C=O) groups is 2. The molecular formula is C17H22N2O5. The zero-order chi connectivity index (χ0) is 17.5. The van der Waals surface area contributed by atoms with Crippen LogP contribution in [0.3, 0.4) is 0 Å². The number of non-ortho nitro benzene ring substituents is 1. The van der Waals surface area contributed by atoms with Gasteiger partial charge in [-0.25, -0.2) is 0 Å². The van der Waals surface area contributed by atoms with Crippen LogP contribution in [0.25, 0.3) is 0 Å². The number of anilines is 1. The van der Waals surface area contributed by atoms with Crippen molar-refractivity contribution < 1.29 is 19.2 Å². The quantitative estimate of drug-likeness (QED) is 0.293. The number of nitrogens with one attached hydrogen (secondary N) is 1. The Hall–Kier alpha value is -2.44. The lowest BCUT2D eigenvalue weighted by Crippen LogP contribution is -2.36. The molecular weight excluding hydrogens is 312 g/mol. The van der Waals surface area contributed by atoms with Gasteiger partial charge in [0.2, 0.25) is 5.91 Å². The number of benzene rings is 1. The molecule has 1 amide bonds. The molecule has 7 heteroatoms. The third kappa shape index (κ3) is 4.53. The van der Waals surface area contributed by atoms with Crippen molar-refractivity contribution in [1.29, 1.82) is 0 Å². The van der Waals surface area contributed by atoms with Crippen molar-refractivity contribution in [1.82, 2.24) is 0 Å². The van der Waals surface area contributed by atoms with Crippen molar-refractivity contribution >= 4 is 23.3 Å². The second kappa shape index (κ2) is 8.42. The fourth-order valence-electron chi connectivity index (χ4n) is 3.17. The van der Waals surface area contributed by atoms with Crippen LogP contribution in [0.1, 0.15) is 38.5 Å². The highest BCUT2D eigenvalue weighted by Crippen LogP contribution is 2.31. The van der Waals surface area contributed by atoms with Crippen LogP contribution in [0.2, 0.25) is 0 Å². The molecule has 0 radical (unpaired) electrons. The fraction of sp³-hybridized carbons (Fsp3) is 0.529. The lowest BCUT2D eigenvalue weighted by Gasteiger charge is -2.23. The van der Waals surface area contributed by atoms with Gasteiger partial charge < -0.3 is 10.1 Å². The number of ether oxygens (including phenoxy) is 1. The van der Waals surface area contributed by atoms with Crippen LogP contribution >= 0.6 is 0 Å². The van der Waals surface area contributed by atoms with E-state index < -0.39 is 22.7 Å². The monoisotopic (exact) mass is 334 g/mol. The third-order valence-corrected chi connectivity index (χ3v) is 4.45. The maximum atomic E-state index is 12.6. The van der Waals surface area contributed by atoms with Gasteiger partial charge in [0, 0.05) is 17.8 Å². The van der Waals surface area contributed by atoms with Crippen molar-refractivity contribution in [2.24, 2.45) is 11.8 Å². The van der Waals surface area contributed by atoms with E-state index in [0.29, 0.717) is 5.69 Å². The van der Waals surface area contributed by atoms with Crippen LogP contribution in [-0.2, 0) is 14.3 Å². The average molecular weight is 334 g/mol. The number of rotatable bonds is 5. The third-order valence-electron chi connectivity index (χ3n) is 4.45. The standard InChI is InChI=1S/C17H22N2O5/c1-24-17(21)15(12-6-4-2-3-5-7-12)16(20)18-13-8-10-14(11-9-13)19(22)23/h8-12,15H,2-7H2,1H3,(H,18,20). The van der Waals surface area contributed by atoms with E-state index >= 15 is 0 Å². The van der Waals surface area contributed by atoms with Crippen molar-refractivity contribution in [2.45, 2.75) is 38.5 Å². The summed E-state index contributed by atoms with van der Waals surface area (Å²) >= 11 is 0. The van der Waals surface area contributed by atoms with Gasteiger partial charge in [-0.2, -0.15) is 0 Å². The fourth-order valence-corrected chi connectivity index (χ4v) is 3.17. The summed E-state index contributed by atoms with van der Waals surface area (Å²) in [4.78, 5) is 34.9. The van der Waals surface area contributed by atoms with E-state index in [-0.39, 0.29) is 11.6 Å². The zero-order valence-corrected chi connectivity index (χ0v) is 13.7. The maximum Gasteiger partial charge on any atom is 0.318 e. The summed E-state index contributed by atoms with van der Waals surface area (Å²) in [5.41, 5.74) is 0.370. The highest BCUT2D eigenvalue weighted by Gasteiger charge is 2.35. The number of methoxy groups -OCH3 is 1. The molecule has 0 bridgehead atoms. The van der Waals surface area contributed by atoms with Crippen LogP contribution < -0.4 is 5.32 Å². The molecule has 0 spiro atoms. The number of nitro benzene ring substituents is 1. The van der Waals surface area contributed by atoms with Crippen molar-refractivity contribution in [2.75, 3.05) is 12.4 Å². The van der Waals surface area contributed by atoms with Crippen LogP contribution in [-0.4, -0.2) is 23.9 Å². The van der Waals surface area contributed by atoms with Gasteiger partial charge in [-0.15, -0.1) is 0 Å². The van der Waals surface area contributed by atoms with Gasteiger partial charge in [-0.3, -0.25) is 19.7 Å². The Balaban J connectivity index is 2.11. The van der Waals surface area contributed by atoms with Crippen molar-refractivity contribution in [3.05, 3.63) is 34.4 Å². The number of esters is 1. The summed E-state index contributed by atoms with van der Waals surface area (Å²) < 4.78 is 4.83. The molecule has 7 nitrogen and oxygen atoms in total. The smallest absolute Gasteiger partial charge is 0.318 e. The Morgan fingerprint density at radius 3 is 2.25 bits per heavy atom. The molecule has 1 unspecified atom stereocenters. The molecule has 1 aliphatic carbocycles. The predicted octanol–water partition coefficient (Wildman–Crippen LogP) is 3.29. The molecule has 0 saturated heterocycles. The molecule has 0 heterocycles. The summed E-state index contributed by atoms with van der Waals surface area (Å²) in [6, 6.07) is 5.54. The lowest BCUT2D eigenvalue weighted by atomic mass is 9.85. The van der Waals surface area contributed by atoms with Gasteiger partial charge in [0.05, 0.1) is 12.0 Å². The Labute approximate surface area is 140 Å². The van der Waals surface area contributed by atoms with Gasteiger partial charge in [0.15, 0.2) is 0 Å². The van der Waals surface area contributed by atoms with Gasteiger partial charge in [0.25, 0.3) is 5.69 Å². The summed E-state index contributed by atoms with van der Waals surface area (Å²) in [5.74, 6) is -1.81. The maximum absolute atomic E-state index is 12.6. The first kappa shape index (κ1) is 17.9.